The molecule has 4 rings (SSSR count). The molecule has 6 nitrogen and oxygen atoms in total. The van der Waals surface area contributed by atoms with Gasteiger partial charge in [-0.05, 0) is 46.5 Å². The molecule has 6 heteroatoms. The van der Waals surface area contributed by atoms with E-state index in [2.05, 4.69) is 0 Å². The summed E-state index contributed by atoms with van der Waals surface area (Å²) < 4.78 is 0. The number of rotatable bonds is 5. The van der Waals surface area contributed by atoms with Gasteiger partial charge in [-0.25, -0.2) is 4.79 Å². The van der Waals surface area contributed by atoms with Gasteiger partial charge >= 0.3 is 5.97 Å². The lowest BCUT2D eigenvalue weighted by molar-refractivity contribution is -0.172. The van der Waals surface area contributed by atoms with Gasteiger partial charge in [-0.2, -0.15) is 0 Å². The molecule has 0 bridgehead atoms. The monoisotopic (exact) mass is 413 g/mol. The zero-order valence-electron chi connectivity index (χ0n) is 16.5. The molecular formula is C25H19NO5. The van der Waals surface area contributed by atoms with Crippen LogP contribution in [0, 0.1) is 0 Å². The molecular weight excluding hydrogens is 394 g/mol. The van der Waals surface area contributed by atoms with Crippen molar-refractivity contribution in [2.24, 2.45) is 0 Å². The fourth-order valence-electron chi connectivity index (χ4n) is 3.16. The average molecular weight is 413 g/mol. The first-order chi connectivity index (χ1) is 15.0. The van der Waals surface area contributed by atoms with E-state index in [4.69, 9.17) is 4.84 Å². The van der Waals surface area contributed by atoms with E-state index in [1.165, 1.54) is 0 Å². The summed E-state index contributed by atoms with van der Waals surface area (Å²) in [5.41, 5.74) is 4.16. The molecule has 1 heterocycles. The minimum absolute atomic E-state index is 0.0607. The van der Waals surface area contributed by atoms with Crippen LogP contribution in [0.5, 0.6) is 5.75 Å². The topological polar surface area (TPSA) is 83.9 Å². The Kier molecular flexibility index (Phi) is 5.62. The summed E-state index contributed by atoms with van der Waals surface area (Å²) in [4.78, 5) is 40.3. The highest BCUT2D eigenvalue weighted by atomic mass is 16.7. The van der Waals surface area contributed by atoms with Gasteiger partial charge in [-0.3, -0.25) is 9.59 Å². The fourth-order valence-corrected chi connectivity index (χ4v) is 3.16. The zero-order valence-corrected chi connectivity index (χ0v) is 16.5. The van der Waals surface area contributed by atoms with Crippen molar-refractivity contribution in [3.63, 3.8) is 0 Å². The number of imide groups is 1. The number of phenolic OH excluding ortho intramolecular Hbond substituents is 1. The van der Waals surface area contributed by atoms with Crippen molar-refractivity contribution in [2.75, 3.05) is 0 Å². The lowest BCUT2D eigenvalue weighted by atomic mass is 10.0. The number of nitrogens with zero attached hydrogens (tertiary/aromatic N) is 1. The van der Waals surface area contributed by atoms with Crippen molar-refractivity contribution in [3.8, 4) is 16.9 Å². The first kappa shape index (κ1) is 20.1. The molecule has 31 heavy (non-hydrogen) atoms. The largest absolute Gasteiger partial charge is 0.508 e. The number of benzene rings is 3. The van der Waals surface area contributed by atoms with Crippen molar-refractivity contribution >= 4 is 29.9 Å². The number of carbonyl (C=O) groups is 3. The second kappa shape index (κ2) is 8.67. The quantitative estimate of drug-likeness (QED) is 0.494. The molecule has 1 aliphatic heterocycles. The molecule has 1 N–H and O–H groups in total. The van der Waals surface area contributed by atoms with Crippen LogP contribution in [-0.2, 0) is 14.4 Å². The van der Waals surface area contributed by atoms with Gasteiger partial charge in [-0.1, -0.05) is 60.7 Å². The third-order valence-electron chi connectivity index (χ3n) is 4.91. The zero-order chi connectivity index (χ0) is 21.8. The third-order valence-corrected chi connectivity index (χ3v) is 4.91. The molecule has 154 valence electrons. The number of amides is 2. The number of hydroxylamine groups is 2. The van der Waals surface area contributed by atoms with Crippen molar-refractivity contribution in [3.05, 3.63) is 89.5 Å². The number of carbonyl (C=O) groups excluding carboxylic acids is 3. The Balaban J connectivity index is 1.41. The van der Waals surface area contributed by atoms with Gasteiger partial charge in [0.05, 0.1) is 5.56 Å². The Labute approximate surface area is 179 Å². The Morgan fingerprint density at radius 1 is 0.742 bits per heavy atom. The van der Waals surface area contributed by atoms with Crippen LogP contribution in [0.25, 0.3) is 23.3 Å². The Bertz CT molecular complexity index is 1130. The predicted octanol–water partition coefficient (Wildman–Crippen LogP) is 4.45. The molecule has 3 aromatic rings. The maximum Gasteiger partial charge on any atom is 0.363 e. The van der Waals surface area contributed by atoms with Crippen LogP contribution in [0.15, 0.2) is 72.8 Å². The van der Waals surface area contributed by atoms with Crippen LogP contribution in [0.3, 0.4) is 0 Å². The second-order valence-corrected chi connectivity index (χ2v) is 7.08. The Hall–Kier alpha value is -4.19. The molecule has 0 saturated carbocycles. The number of hydrogen-bond acceptors (Lipinski definition) is 5. The first-order valence-electron chi connectivity index (χ1n) is 9.75. The number of phenols is 1. The fraction of sp³-hybridized carbons (Fsp3) is 0.0800. The number of aromatic hydroxyl groups is 1. The molecule has 0 unspecified atom stereocenters. The second-order valence-electron chi connectivity index (χ2n) is 7.08. The van der Waals surface area contributed by atoms with E-state index in [9.17, 15) is 19.5 Å². The van der Waals surface area contributed by atoms with Gasteiger partial charge < -0.3 is 9.94 Å². The van der Waals surface area contributed by atoms with E-state index in [1.807, 2.05) is 48.6 Å². The molecule has 1 fully saturated rings. The van der Waals surface area contributed by atoms with Crippen molar-refractivity contribution < 1.29 is 24.3 Å². The van der Waals surface area contributed by atoms with E-state index in [0.29, 0.717) is 5.06 Å². The van der Waals surface area contributed by atoms with Crippen molar-refractivity contribution in [1.29, 1.82) is 0 Å². The van der Waals surface area contributed by atoms with Crippen molar-refractivity contribution in [2.45, 2.75) is 12.8 Å². The highest BCUT2D eigenvalue weighted by Gasteiger charge is 2.33. The summed E-state index contributed by atoms with van der Waals surface area (Å²) in [5, 5.41) is 9.88. The van der Waals surface area contributed by atoms with Crippen LogP contribution < -0.4 is 0 Å². The van der Waals surface area contributed by atoms with E-state index < -0.39 is 17.8 Å². The molecule has 1 aliphatic rings. The summed E-state index contributed by atoms with van der Waals surface area (Å²) >= 11 is 0. The standard InChI is InChI=1S/C25H19NO5/c27-22-13-5-18(6-14-22)2-1-17-3-7-19(8-4-17)20-9-11-21(12-10-20)25(30)31-26-23(28)15-16-24(26)29/h1-14,27H,15-16H2/b2-1+. The molecule has 0 spiro atoms. The SMILES string of the molecule is O=C(ON1C(=O)CCC1=O)c1ccc(-c2ccc(/C=C/c3ccc(O)cc3)cc2)cc1. The average Bonchev–Trinajstić information content (AvgIpc) is 3.11. The highest BCUT2D eigenvalue weighted by Crippen LogP contribution is 2.22. The predicted molar refractivity (Wildman–Crippen MR) is 115 cm³/mol. The van der Waals surface area contributed by atoms with E-state index in [1.54, 1.807) is 36.4 Å². The molecule has 2 amide bonds. The van der Waals surface area contributed by atoms with Crippen LogP contribution in [0.4, 0.5) is 0 Å². The van der Waals surface area contributed by atoms with E-state index in [-0.39, 0.29) is 24.2 Å². The van der Waals surface area contributed by atoms with Crippen LogP contribution in [-0.4, -0.2) is 28.0 Å². The minimum Gasteiger partial charge on any atom is -0.508 e. The lowest BCUT2D eigenvalue weighted by Gasteiger charge is -2.12. The van der Waals surface area contributed by atoms with E-state index in [0.717, 1.165) is 22.3 Å². The molecule has 1 saturated heterocycles. The van der Waals surface area contributed by atoms with E-state index >= 15 is 0 Å². The summed E-state index contributed by atoms with van der Waals surface area (Å²) in [6, 6.07) is 21.6. The van der Waals surface area contributed by atoms with Gasteiger partial charge in [-0.15, -0.1) is 5.06 Å². The third kappa shape index (κ3) is 4.70. The minimum atomic E-state index is -0.745. The van der Waals surface area contributed by atoms with Gasteiger partial charge in [0.25, 0.3) is 11.8 Å². The maximum atomic E-state index is 12.2. The maximum absolute atomic E-state index is 12.2. The lowest BCUT2D eigenvalue weighted by Crippen LogP contribution is -2.32. The normalized spacial score (nSPS) is 13.7. The summed E-state index contributed by atoms with van der Waals surface area (Å²) in [6.45, 7) is 0. The first-order valence-corrected chi connectivity index (χ1v) is 9.75. The van der Waals surface area contributed by atoms with Gasteiger partial charge in [0.2, 0.25) is 0 Å². The summed E-state index contributed by atoms with van der Waals surface area (Å²) in [7, 11) is 0. The smallest absolute Gasteiger partial charge is 0.363 e. The highest BCUT2D eigenvalue weighted by molar-refractivity contribution is 6.02. The van der Waals surface area contributed by atoms with Gasteiger partial charge in [0, 0.05) is 12.8 Å². The van der Waals surface area contributed by atoms with Crippen LogP contribution >= 0.6 is 0 Å². The van der Waals surface area contributed by atoms with Gasteiger partial charge in [0.15, 0.2) is 0 Å². The van der Waals surface area contributed by atoms with Crippen molar-refractivity contribution in [1.82, 2.24) is 5.06 Å². The molecule has 3 aromatic carbocycles. The van der Waals surface area contributed by atoms with Gasteiger partial charge in [0.1, 0.15) is 5.75 Å². The Morgan fingerprint density at radius 3 is 1.71 bits per heavy atom. The van der Waals surface area contributed by atoms with Crippen LogP contribution in [0.2, 0.25) is 0 Å². The molecule has 0 aliphatic carbocycles. The summed E-state index contributed by atoms with van der Waals surface area (Å²) in [6.07, 6.45) is 4.07. The summed E-state index contributed by atoms with van der Waals surface area (Å²) in [5.74, 6) is -1.52. The van der Waals surface area contributed by atoms with Crippen LogP contribution in [0.1, 0.15) is 34.3 Å². The molecule has 0 atom stereocenters. The molecule has 0 aromatic heterocycles. The Morgan fingerprint density at radius 2 is 1.19 bits per heavy atom. The molecule has 0 radical (unpaired) electrons. The number of hydrogen-bond donors (Lipinski definition) is 1.